The first-order valence-electron chi connectivity index (χ1n) is 5.40. The Kier molecular flexibility index (Phi) is 4.07. The molecular weight excluding hydrogens is 282 g/mol. The van der Waals surface area contributed by atoms with Crippen LogP contribution in [0.25, 0.3) is 10.4 Å². The van der Waals surface area contributed by atoms with E-state index in [4.69, 9.17) is 10.3 Å². The van der Waals surface area contributed by atoms with E-state index in [0.29, 0.717) is 11.4 Å². The number of rotatable bonds is 4. The van der Waals surface area contributed by atoms with E-state index in [0.717, 1.165) is 0 Å². The molecule has 11 nitrogen and oxygen atoms in total. The molecule has 1 aromatic heterocycles. The van der Waals surface area contributed by atoms with Gasteiger partial charge in [-0.1, -0.05) is 5.11 Å². The number of azide groups is 1. The summed E-state index contributed by atoms with van der Waals surface area (Å²) in [5.41, 5.74) is 7.96. The van der Waals surface area contributed by atoms with Crippen LogP contribution in [0.5, 0.6) is 5.75 Å². The zero-order valence-corrected chi connectivity index (χ0v) is 10.6. The second kappa shape index (κ2) is 6.12. The van der Waals surface area contributed by atoms with E-state index in [9.17, 15) is 10.0 Å². The van der Waals surface area contributed by atoms with Gasteiger partial charge in [0.25, 0.3) is 11.6 Å². The molecule has 0 saturated carbocycles. The lowest BCUT2D eigenvalue weighted by Crippen LogP contribution is -2.30. The highest BCUT2D eigenvalue weighted by molar-refractivity contribution is 5.95. The van der Waals surface area contributed by atoms with Gasteiger partial charge in [0, 0.05) is 4.91 Å². The van der Waals surface area contributed by atoms with Gasteiger partial charge in [-0.25, -0.2) is 0 Å². The summed E-state index contributed by atoms with van der Waals surface area (Å²) in [5.74, 6) is -0.928. The van der Waals surface area contributed by atoms with Gasteiger partial charge >= 0.3 is 5.82 Å². The van der Waals surface area contributed by atoms with Gasteiger partial charge in [-0.05, 0) is 39.8 Å². The van der Waals surface area contributed by atoms with Gasteiger partial charge in [-0.2, -0.15) is 0 Å². The second-order valence-corrected chi connectivity index (χ2v) is 3.49. The van der Waals surface area contributed by atoms with Crippen LogP contribution in [0, 0.1) is 5.21 Å². The van der Waals surface area contributed by atoms with Crippen LogP contribution in [-0.2, 0) is 0 Å². The molecule has 2 aromatic rings. The molecule has 0 fully saturated rings. The van der Waals surface area contributed by atoms with E-state index >= 15 is 0 Å². The number of hydrogen-bond donors (Lipinski definition) is 0. The lowest BCUT2D eigenvalue weighted by molar-refractivity contribution is -0.803. The molecule has 2 rings (SSSR count). The third-order valence-corrected chi connectivity index (χ3v) is 2.27. The van der Waals surface area contributed by atoms with E-state index in [1.807, 2.05) is 0 Å². The molecule has 1 amide bonds. The first-order chi connectivity index (χ1) is 10.2. The van der Waals surface area contributed by atoms with Crippen molar-refractivity contribution in [1.29, 1.82) is 0 Å². The van der Waals surface area contributed by atoms with Crippen molar-refractivity contribution in [2.75, 3.05) is 7.11 Å². The quantitative estimate of drug-likeness (QED) is 0.365. The summed E-state index contributed by atoms with van der Waals surface area (Å²) in [6, 6.07) is 6.50. The van der Waals surface area contributed by atoms with Crippen LogP contribution in [0.3, 0.4) is 0 Å². The van der Waals surface area contributed by atoms with Crippen molar-refractivity contribution in [2.24, 2.45) is 15.3 Å². The fourth-order valence-electron chi connectivity index (χ4n) is 1.32. The Hall–Kier alpha value is -3.46. The molecule has 0 N–H and O–H groups in total. The number of methoxy groups -OCH3 is 1. The fraction of sp³-hybridized carbons (Fsp3) is 0.100. The molecule has 0 radical (unpaired) electrons. The first-order valence-corrected chi connectivity index (χ1v) is 5.40. The number of nitrogens with zero attached hydrogens (tertiary/aromatic N) is 7. The molecule has 0 unspecified atom stereocenters. The van der Waals surface area contributed by atoms with Crippen LogP contribution < -0.4 is 9.64 Å². The van der Waals surface area contributed by atoms with Crippen molar-refractivity contribution in [1.82, 2.24) is 5.16 Å². The Morgan fingerprint density at radius 3 is 2.76 bits per heavy atom. The molecule has 11 heteroatoms. The minimum Gasteiger partial charge on any atom is -0.497 e. The maximum absolute atomic E-state index is 11.4. The smallest absolute Gasteiger partial charge is 0.362 e. The van der Waals surface area contributed by atoms with Crippen LogP contribution in [-0.4, -0.2) is 18.2 Å². The SMILES string of the molecule is COc1ccc(N=Nc2no[n+]([O-])c2C(=O)N=[N+]=[N-])cc1. The molecule has 21 heavy (non-hydrogen) atoms. The predicted octanol–water partition coefficient (Wildman–Crippen LogP) is 2.18. The topological polar surface area (TPSA) is 153 Å². The van der Waals surface area contributed by atoms with Crippen LogP contribution in [0.2, 0.25) is 0 Å². The summed E-state index contributed by atoms with van der Waals surface area (Å²) in [7, 11) is 1.52. The number of amides is 1. The van der Waals surface area contributed by atoms with Gasteiger partial charge in [0.1, 0.15) is 5.75 Å². The second-order valence-electron chi connectivity index (χ2n) is 3.49. The summed E-state index contributed by atoms with van der Waals surface area (Å²) in [6.07, 6.45) is 0. The van der Waals surface area contributed by atoms with Gasteiger partial charge in [-0.15, -0.1) is 5.11 Å². The largest absolute Gasteiger partial charge is 0.497 e. The lowest BCUT2D eigenvalue weighted by atomic mass is 10.3. The van der Waals surface area contributed by atoms with Gasteiger partial charge in [0.2, 0.25) is 0 Å². The molecule has 0 aliphatic rings. The Morgan fingerprint density at radius 2 is 2.14 bits per heavy atom. The summed E-state index contributed by atoms with van der Waals surface area (Å²) in [5, 5.41) is 24.6. The van der Waals surface area contributed by atoms with Gasteiger partial charge < -0.3 is 9.94 Å². The Labute approximate surface area is 116 Å². The molecule has 0 atom stereocenters. The van der Waals surface area contributed by atoms with Crippen molar-refractivity contribution in [2.45, 2.75) is 0 Å². The zero-order valence-electron chi connectivity index (χ0n) is 10.6. The molecule has 0 spiro atoms. The summed E-state index contributed by atoms with van der Waals surface area (Å²) < 4.78 is 9.20. The van der Waals surface area contributed by atoms with Crippen molar-refractivity contribution in [3.05, 3.63) is 45.6 Å². The third kappa shape index (κ3) is 3.11. The Morgan fingerprint density at radius 1 is 1.43 bits per heavy atom. The summed E-state index contributed by atoms with van der Waals surface area (Å²) in [6.45, 7) is 0. The molecular formula is C10H7N7O4. The van der Waals surface area contributed by atoms with Crippen molar-refractivity contribution in [3.63, 3.8) is 0 Å². The van der Waals surface area contributed by atoms with Crippen LogP contribution in [0.4, 0.5) is 11.5 Å². The molecule has 0 bridgehead atoms. The monoisotopic (exact) mass is 289 g/mol. The number of hydrogen-bond acceptors (Lipinski definition) is 7. The predicted molar refractivity (Wildman–Crippen MR) is 66.1 cm³/mol. The van der Waals surface area contributed by atoms with Gasteiger partial charge in [-0.3, -0.25) is 9.42 Å². The van der Waals surface area contributed by atoms with E-state index in [-0.39, 0.29) is 4.90 Å². The minimum atomic E-state index is -1.17. The van der Waals surface area contributed by atoms with Crippen molar-refractivity contribution >= 4 is 17.4 Å². The standard InChI is InChI=1S/C10H7N7O4/c1-20-7-4-2-6(3-5-7)12-13-9-8(10(18)14-16-11)17(19)21-15-9/h2-5H,1H3. The average molecular weight is 289 g/mol. The number of aromatic nitrogens is 2. The number of carbonyl (C=O) groups excluding carboxylic acids is 1. The Balaban J connectivity index is 2.28. The van der Waals surface area contributed by atoms with Gasteiger partial charge in [0.05, 0.1) is 18.0 Å². The number of ether oxygens (including phenoxy) is 1. The normalized spacial score (nSPS) is 10.3. The Bertz CT molecular complexity index is 730. The van der Waals surface area contributed by atoms with Crippen LogP contribution in [0.1, 0.15) is 10.5 Å². The molecule has 1 aromatic carbocycles. The molecule has 0 saturated heterocycles. The minimum absolute atomic E-state index is 0.209. The fourth-order valence-corrected chi connectivity index (χ4v) is 1.32. The van der Waals surface area contributed by atoms with E-state index in [1.165, 1.54) is 7.11 Å². The maximum Gasteiger partial charge on any atom is 0.362 e. The van der Waals surface area contributed by atoms with Crippen molar-refractivity contribution in [3.8, 4) is 5.75 Å². The molecule has 106 valence electrons. The first kappa shape index (κ1) is 14.0. The highest BCUT2D eigenvalue weighted by Crippen LogP contribution is 2.21. The summed E-state index contributed by atoms with van der Waals surface area (Å²) >= 11 is 0. The van der Waals surface area contributed by atoms with E-state index in [1.54, 1.807) is 24.3 Å². The maximum atomic E-state index is 11.4. The molecule has 0 aliphatic carbocycles. The van der Waals surface area contributed by atoms with Crippen LogP contribution in [0.15, 0.2) is 44.2 Å². The number of carbonyl (C=O) groups is 1. The highest BCUT2D eigenvalue weighted by atomic mass is 16.8. The molecule has 0 aliphatic heterocycles. The lowest BCUT2D eigenvalue weighted by Gasteiger charge is -1.97. The average Bonchev–Trinajstić information content (AvgIpc) is 2.87. The van der Waals surface area contributed by atoms with Crippen molar-refractivity contribution < 1.29 is 19.1 Å². The number of azo groups is 1. The third-order valence-electron chi connectivity index (χ3n) is 2.27. The highest BCUT2D eigenvalue weighted by Gasteiger charge is 2.25. The van der Waals surface area contributed by atoms with E-state index < -0.39 is 17.4 Å². The van der Waals surface area contributed by atoms with Crippen LogP contribution >= 0.6 is 0 Å². The number of benzene rings is 1. The summed E-state index contributed by atoms with van der Waals surface area (Å²) in [4.78, 5) is 13.5. The van der Waals surface area contributed by atoms with Gasteiger partial charge in [0.15, 0.2) is 0 Å². The van der Waals surface area contributed by atoms with E-state index in [2.05, 4.69) is 30.0 Å². The zero-order chi connectivity index (χ0) is 15.2. The molecule has 1 heterocycles.